The fourth-order valence-electron chi connectivity index (χ4n) is 2.26. The van der Waals surface area contributed by atoms with Crippen LogP contribution in [0, 0.1) is 0 Å². The molecular formula is C18H25N3S2. The van der Waals surface area contributed by atoms with Crippen LogP contribution in [0.25, 0.3) is 0 Å². The number of anilines is 2. The van der Waals surface area contributed by atoms with Crippen molar-refractivity contribution in [1.82, 2.24) is 5.32 Å². The van der Waals surface area contributed by atoms with E-state index < -0.39 is 0 Å². The third kappa shape index (κ3) is 5.68. The van der Waals surface area contributed by atoms with Crippen LogP contribution in [0.2, 0.25) is 0 Å². The molecular weight excluding hydrogens is 322 g/mol. The lowest BCUT2D eigenvalue weighted by Crippen LogP contribution is -2.25. The molecule has 1 unspecified atom stereocenters. The van der Waals surface area contributed by atoms with E-state index in [0.29, 0.717) is 0 Å². The molecule has 0 amide bonds. The highest BCUT2D eigenvalue weighted by molar-refractivity contribution is 7.80. The third-order valence-corrected chi connectivity index (χ3v) is 4.52. The lowest BCUT2D eigenvalue weighted by atomic mass is 10.1. The Kier molecular flexibility index (Phi) is 7.15. The molecule has 2 aromatic carbocycles. The summed E-state index contributed by atoms with van der Waals surface area (Å²) in [7, 11) is 4.09. The molecule has 124 valence electrons. The van der Waals surface area contributed by atoms with E-state index in [1.54, 1.807) is 0 Å². The molecule has 0 aliphatic rings. The fourth-order valence-corrected chi connectivity index (χ4v) is 2.80. The van der Waals surface area contributed by atoms with E-state index in [9.17, 15) is 0 Å². The highest BCUT2D eigenvalue weighted by atomic mass is 32.1. The molecule has 1 atom stereocenters. The van der Waals surface area contributed by atoms with Crippen molar-refractivity contribution in [2.24, 2.45) is 0 Å². The molecule has 0 radical (unpaired) electrons. The highest BCUT2D eigenvalue weighted by Gasteiger charge is 2.06. The van der Waals surface area contributed by atoms with Gasteiger partial charge >= 0.3 is 0 Å². The van der Waals surface area contributed by atoms with Crippen LogP contribution in [-0.4, -0.2) is 33.7 Å². The van der Waals surface area contributed by atoms with E-state index in [1.807, 2.05) is 38.4 Å². The molecule has 3 nitrogen and oxygen atoms in total. The number of benzene rings is 2. The van der Waals surface area contributed by atoms with E-state index in [0.717, 1.165) is 30.2 Å². The van der Waals surface area contributed by atoms with Crippen LogP contribution in [0.1, 0.15) is 10.8 Å². The maximum absolute atomic E-state index is 4.69. The van der Waals surface area contributed by atoms with Crippen LogP contribution in [0.5, 0.6) is 0 Å². The van der Waals surface area contributed by atoms with Crippen LogP contribution in [0.15, 0.2) is 53.4 Å². The molecule has 0 saturated heterocycles. The van der Waals surface area contributed by atoms with Crippen molar-refractivity contribution in [1.29, 1.82) is 0 Å². The van der Waals surface area contributed by atoms with Crippen molar-refractivity contribution in [3.63, 3.8) is 0 Å². The molecule has 0 fully saturated rings. The Bertz CT molecular complexity index is 599. The van der Waals surface area contributed by atoms with Crippen molar-refractivity contribution in [2.75, 3.05) is 43.9 Å². The van der Waals surface area contributed by atoms with Gasteiger partial charge in [0.25, 0.3) is 0 Å². The zero-order valence-electron chi connectivity index (χ0n) is 13.7. The van der Waals surface area contributed by atoms with Gasteiger partial charge in [-0.1, -0.05) is 24.3 Å². The van der Waals surface area contributed by atoms with Gasteiger partial charge in [-0.05, 0) is 29.8 Å². The van der Waals surface area contributed by atoms with Crippen LogP contribution >= 0.6 is 25.3 Å². The maximum atomic E-state index is 4.69. The SMILES string of the molecule is CN(C)c1ccc(C(S)CNCCNc2ccccc2S)cc1. The minimum Gasteiger partial charge on any atom is -0.383 e. The number of thiol groups is 2. The molecule has 2 rings (SSSR count). The molecule has 5 heteroatoms. The zero-order chi connectivity index (χ0) is 16.7. The predicted molar refractivity (Wildman–Crippen MR) is 108 cm³/mol. The first-order valence-corrected chi connectivity index (χ1v) is 8.72. The predicted octanol–water partition coefficient (Wildman–Crippen LogP) is 3.71. The van der Waals surface area contributed by atoms with Crippen molar-refractivity contribution in [2.45, 2.75) is 10.1 Å². The molecule has 0 saturated carbocycles. The quantitative estimate of drug-likeness (QED) is 0.433. The molecule has 0 aliphatic heterocycles. The van der Waals surface area contributed by atoms with Crippen molar-refractivity contribution in [3.05, 3.63) is 54.1 Å². The van der Waals surface area contributed by atoms with Crippen LogP contribution in [0.3, 0.4) is 0 Å². The Hall–Kier alpha value is -1.30. The van der Waals surface area contributed by atoms with Gasteiger partial charge < -0.3 is 15.5 Å². The molecule has 2 N–H and O–H groups in total. The molecule has 2 aromatic rings. The summed E-state index contributed by atoms with van der Waals surface area (Å²) < 4.78 is 0. The van der Waals surface area contributed by atoms with Crippen LogP contribution in [-0.2, 0) is 0 Å². The standard InChI is InChI=1S/C18H25N3S2/c1-21(2)15-9-7-14(8-10-15)18(23)13-19-11-12-20-16-5-3-4-6-17(16)22/h3-10,18-20,22-23H,11-13H2,1-2H3. The molecule has 0 bridgehead atoms. The summed E-state index contributed by atoms with van der Waals surface area (Å²) in [5.74, 6) is 0. The first-order chi connectivity index (χ1) is 11.1. The number of nitrogens with zero attached hydrogens (tertiary/aromatic N) is 1. The summed E-state index contributed by atoms with van der Waals surface area (Å²) in [6, 6.07) is 16.6. The summed E-state index contributed by atoms with van der Waals surface area (Å²) in [6.45, 7) is 2.58. The van der Waals surface area contributed by atoms with E-state index in [-0.39, 0.29) is 5.25 Å². The Labute approximate surface area is 150 Å². The van der Waals surface area contributed by atoms with Crippen molar-refractivity contribution in [3.8, 4) is 0 Å². The van der Waals surface area contributed by atoms with E-state index in [4.69, 9.17) is 0 Å². The summed E-state index contributed by atoms with van der Waals surface area (Å²) in [4.78, 5) is 3.07. The van der Waals surface area contributed by atoms with Gasteiger partial charge in [0.1, 0.15) is 0 Å². The lowest BCUT2D eigenvalue weighted by Gasteiger charge is -2.16. The van der Waals surface area contributed by atoms with E-state index in [1.165, 1.54) is 11.3 Å². The van der Waals surface area contributed by atoms with Gasteiger partial charge in [0.05, 0.1) is 0 Å². The summed E-state index contributed by atoms with van der Waals surface area (Å²) in [5.41, 5.74) is 3.51. The van der Waals surface area contributed by atoms with E-state index >= 15 is 0 Å². The van der Waals surface area contributed by atoms with Gasteiger partial charge in [-0.2, -0.15) is 12.6 Å². The second kappa shape index (κ2) is 9.11. The lowest BCUT2D eigenvalue weighted by molar-refractivity contribution is 0.693. The summed E-state index contributed by atoms with van der Waals surface area (Å²) in [5, 5.41) is 7.01. The number of hydrogen-bond donors (Lipinski definition) is 4. The monoisotopic (exact) mass is 347 g/mol. The summed E-state index contributed by atoms with van der Waals surface area (Å²) in [6.07, 6.45) is 0. The van der Waals surface area contributed by atoms with Crippen LogP contribution < -0.4 is 15.5 Å². The number of nitrogens with one attached hydrogen (secondary N) is 2. The fraction of sp³-hybridized carbons (Fsp3) is 0.333. The second-order valence-electron chi connectivity index (χ2n) is 5.65. The second-order valence-corrected chi connectivity index (χ2v) is 6.75. The molecule has 0 aliphatic carbocycles. The Morgan fingerprint density at radius 3 is 2.35 bits per heavy atom. The molecule has 0 aromatic heterocycles. The smallest absolute Gasteiger partial charge is 0.0476 e. The topological polar surface area (TPSA) is 27.3 Å². The van der Waals surface area contributed by atoms with Gasteiger partial charge in [0, 0.05) is 55.2 Å². The van der Waals surface area contributed by atoms with Gasteiger partial charge in [0.15, 0.2) is 0 Å². The first-order valence-electron chi connectivity index (χ1n) is 7.76. The minimum absolute atomic E-state index is 0.198. The van der Waals surface area contributed by atoms with E-state index in [2.05, 4.69) is 65.1 Å². The van der Waals surface area contributed by atoms with Crippen molar-refractivity contribution >= 4 is 36.6 Å². The number of hydrogen-bond acceptors (Lipinski definition) is 5. The van der Waals surface area contributed by atoms with Gasteiger partial charge in [-0.15, -0.1) is 12.6 Å². The number of para-hydroxylation sites is 1. The molecule has 0 heterocycles. The van der Waals surface area contributed by atoms with Gasteiger partial charge in [-0.3, -0.25) is 0 Å². The molecule has 23 heavy (non-hydrogen) atoms. The number of rotatable bonds is 8. The minimum atomic E-state index is 0.198. The molecule has 0 spiro atoms. The Morgan fingerprint density at radius 2 is 1.70 bits per heavy atom. The normalized spacial score (nSPS) is 12.0. The maximum Gasteiger partial charge on any atom is 0.0476 e. The third-order valence-electron chi connectivity index (χ3n) is 3.65. The summed E-state index contributed by atoms with van der Waals surface area (Å²) >= 11 is 9.11. The van der Waals surface area contributed by atoms with Crippen LogP contribution in [0.4, 0.5) is 11.4 Å². The average molecular weight is 348 g/mol. The Morgan fingerprint density at radius 1 is 1.00 bits per heavy atom. The average Bonchev–Trinajstić information content (AvgIpc) is 2.56. The van der Waals surface area contributed by atoms with Crippen molar-refractivity contribution < 1.29 is 0 Å². The first kappa shape index (κ1) is 18.0. The van der Waals surface area contributed by atoms with Gasteiger partial charge in [0.2, 0.25) is 0 Å². The zero-order valence-corrected chi connectivity index (χ0v) is 15.4. The highest BCUT2D eigenvalue weighted by Crippen LogP contribution is 2.22. The van der Waals surface area contributed by atoms with Gasteiger partial charge in [-0.25, -0.2) is 0 Å². The Balaban J connectivity index is 1.70. The largest absolute Gasteiger partial charge is 0.383 e.